The predicted molar refractivity (Wildman–Crippen MR) is 59.7 cm³/mol. The summed E-state index contributed by atoms with van der Waals surface area (Å²) in [5.74, 6) is -0.936. The monoisotopic (exact) mass is 290 g/mol. The van der Waals surface area contributed by atoms with Gasteiger partial charge in [0.15, 0.2) is 0 Å². The molecule has 3 saturated heterocycles. The molecule has 0 N–H and O–H groups in total. The van der Waals surface area contributed by atoms with Crippen LogP contribution in [0.25, 0.3) is 0 Å². The highest BCUT2D eigenvalue weighted by Crippen LogP contribution is 2.46. The van der Waals surface area contributed by atoms with E-state index in [9.17, 15) is 0 Å². The smallest absolute Gasteiger partial charge is 0.321 e. The zero-order chi connectivity index (χ0) is 10.5. The predicted octanol–water partition coefficient (Wildman–Crippen LogP) is 2.70. The molecule has 3 fully saturated rings. The van der Waals surface area contributed by atoms with Gasteiger partial charge in [0, 0.05) is 5.41 Å². The third-order valence-corrected chi connectivity index (χ3v) is 4.39. The molecule has 0 aromatic carbocycles. The molecule has 0 saturated carbocycles. The fraction of sp³-hybridized carbons (Fsp3) is 0.600. The van der Waals surface area contributed by atoms with E-state index in [-0.39, 0.29) is 5.41 Å². The fourth-order valence-electron chi connectivity index (χ4n) is 1.75. The van der Waals surface area contributed by atoms with E-state index in [4.69, 9.17) is 14.2 Å². The summed E-state index contributed by atoms with van der Waals surface area (Å²) < 4.78 is 18.2. The largest absolute Gasteiger partial charge is 0.322 e. The average Bonchev–Trinajstić information content (AvgIpc) is 2.67. The Morgan fingerprint density at radius 3 is 2.27 bits per heavy atom. The lowest BCUT2D eigenvalue weighted by Gasteiger charge is -2.49. The van der Waals surface area contributed by atoms with Crippen LogP contribution in [0.3, 0.4) is 0 Å². The third-order valence-electron chi connectivity index (χ3n) is 2.71. The van der Waals surface area contributed by atoms with E-state index in [1.165, 1.54) is 0 Å². The molecule has 1 aromatic rings. The highest BCUT2D eigenvalue weighted by atomic mass is 79.9. The highest BCUT2D eigenvalue weighted by Gasteiger charge is 2.52. The van der Waals surface area contributed by atoms with Crippen LogP contribution in [0.5, 0.6) is 0 Å². The van der Waals surface area contributed by atoms with E-state index < -0.39 is 5.97 Å². The second kappa shape index (κ2) is 3.28. The van der Waals surface area contributed by atoms with Gasteiger partial charge in [-0.05, 0) is 28.1 Å². The summed E-state index contributed by atoms with van der Waals surface area (Å²) in [5, 5.41) is 0. The van der Waals surface area contributed by atoms with Gasteiger partial charge in [-0.15, -0.1) is 11.3 Å². The van der Waals surface area contributed by atoms with Gasteiger partial charge in [0.05, 0.1) is 28.5 Å². The van der Waals surface area contributed by atoms with Crippen LogP contribution in [-0.4, -0.2) is 19.8 Å². The Morgan fingerprint density at radius 1 is 1.20 bits per heavy atom. The molecule has 2 bridgehead atoms. The van der Waals surface area contributed by atoms with E-state index in [1.807, 2.05) is 12.1 Å². The summed E-state index contributed by atoms with van der Waals surface area (Å²) >= 11 is 5.01. The van der Waals surface area contributed by atoms with Gasteiger partial charge in [-0.2, -0.15) is 0 Å². The van der Waals surface area contributed by atoms with E-state index >= 15 is 0 Å². The Morgan fingerprint density at radius 2 is 1.80 bits per heavy atom. The molecular formula is C10H11BrO3S. The number of rotatable bonds is 1. The molecule has 4 heterocycles. The Bertz CT molecular complexity index is 365. The van der Waals surface area contributed by atoms with Gasteiger partial charge in [0.25, 0.3) is 0 Å². The lowest BCUT2D eigenvalue weighted by Crippen LogP contribution is -2.56. The standard InChI is InChI=1S/C10H11BrO3S/c1-9-4-12-10(13-5-9,14-6-9)7-2-3-8(11)15-7/h2-3H,4-6H2,1H3. The van der Waals surface area contributed by atoms with Crippen molar-refractivity contribution in [1.29, 1.82) is 0 Å². The van der Waals surface area contributed by atoms with Crippen molar-refractivity contribution in [2.24, 2.45) is 5.41 Å². The molecule has 3 aliphatic rings. The molecule has 0 amide bonds. The number of hydrogen-bond acceptors (Lipinski definition) is 4. The van der Waals surface area contributed by atoms with Crippen LogP contribution in [0, 0.1) is 5.41 Å². The molecule has 0 aliphatic carbocycles. The van der Waals surface area contributed by atoms with E-state index in [2.05, 4.69) is 22.9 Å². The molecule has 82 valence electrons. The number of thiophene rings is 1. The van der Waals surface area contributed by atoms with Crippen LogP contribution in [-0.2, 0) is 20.2 Å². The maximum absolute atomic E-state index is 5.71. The van der Waals surface area contributed by atoms with Gasteiger partial charge < -0.3 is 14.2 Å². The Labute approximate surface area is 100 Å². The molecule has 0 atom stereocenters. The molecule has 0 unspecified atom stereocenters. The molecule has 3 nitrogen and oxygen atoms in total. The zero-order valence-corrected chi connectivity index (χ0v) is 10.7. The molecule has 1 aromatic heterocycles. The Kier molecular flexibility index (Phi) is 2.23. The summed E-state index contributed by atoms with van der Waals surface area (Å²) in [4.78, 5) is 0.969. The zero-order valence-electron chi connectivity index (χ0n) is 8.29. The molecule has 15 heavy (non-hydrogen) atoms. The minimum atomic E-state index is -0.936. The van der Waals surface area contributed by atoms with Crippen molar-refractivity contribution in [3.63, 3.8) is 0 Å². The lowest BCUT2D eigenvalue weighted by atomic mass is 9.92. The third kappa shape index (κ3) is 1.57. The van der Waals surface area contributed by atoms with Crippen LogP contribution in [0.1, 0.15) is 11.8 Å². The van der Waals surface area contributed by atoms with Crippen LogP contribution in [0.2, 0.25) is 0 Å². The number of hydrogen-bond donors (Lipinski definition) is 0. The Hall–Kier alpha value is 0.0600. The summed E-state index contributed by atoms with van der Waals surface area (Å²) in [6.07, 6.45) is 0. The quantitative estimate of drug-likeness (QED) is 0.796. The van der Waals surface area contributed by atoms with E-state index in [0.717, 1.165) is 8.66 Å². The number of ether oxygens (including phenoxy) is 3. The van der Waals surface area contributed by atoms with Crippen molar-refractivity contribution >= 4 is 27.3 Å². The van der Waals surface area contributed by atoms with Gasteiger partial charge in [0.2, 0.25) is 0 Å². The maximum atomic E-state index is 5.71. The first-order valence-corrected chi connectivity index (χ1v) is 6.41. The normalized spacial score (nSPS) is 39.6. The van der Waals surface area contributed by atoms with Gasteiger partial charge >= 0.3 is 5.97 Å². The molecule has 0 radical (unpaired) electrons. The van der Waals surface area contributed by atoms with Crippen molar-refractivity contribution in [3.05, 3.63) is 20.8 Å². The van der Waals surface area contributed by atoms with Gasteiger partial charge in [0.1, 0.15) is 0 Å². The second-order valence-corrected chi connectivity index (χ2v) is 6.80. The van der Waals surface area contributed by atoms with Crippen molar-refractivity contribution in [3.8, 4) is 0 Å². The molecule has 0 spiro atoms. The van der Waals surface area contributed by atoms with Crippen LogP contribution < -0.4 is 0 Å². The first-order chi connectivity index (χ1) is 7.12. The number of fused-ring (bicyclic) bond motifs is 3. The molecule has 4 rings (SSSR count). The topological polar surface area (TPSA) is 27.7 Å². The average molecular weight is 291 g/mol. The molecule has 5 heteroatoms. The van der Waals surface area contributed by atoms with E-state index in [1.54, 1.807) is 11.3 Å². The van der Waals surface area contributed by atoms with Crippen LogP contribution in [0.15, 0.2) is 15.9 Å². The fourth-order valence-corrected chi connectivity index (χ4v) is 3.19. The first kappa shape index (κ1) is 10.2. The second-order valence-electron chi connectivity index (χ2n) is 4.34. The van der Waals surface area contributed by atoms with Gasteiger partial charge in [-0.25, -0.2) is 0 Å². The Balaban J connectivity index is 1.93. The lowest BCUT2D eigenvalue weighted by molar-refractivity contribution is -0.476. The van der Waals surface area contributed by atoms with Crippen LogP contribution >= 0.6 is 27.3 Å². The SMILES string of the molecule is CC12COC(c3ccc(Br)s3)(OC1)OC2. The summed E-state index contributed by atoms with van der Waals surface area (Å²) in [7, 11) is 0. The summed E-state index contributed by atoms with van der Waals surface area (Å²) in [5.41, 5.74) is 0.0240. The van der Waals surface area contributed by atoms with Crippen molar-refractivity contribution in [2.75, 3.05) is 19.8 Å². The molecular weight excluding hydrogens is 280 g/mol. The first-order valence-electron chi connectivity index (χ1n) is 4.80. The van der Waals surface area contributed by atoms with Crippen LogP contribution in [0.4, 0.5) is 0 Å². The number of halogens is 1. The minimum Gasteiger partial charge on any atom is -0.322 e. The van der Waals surface area contributed by atoms with Crippen molar-refractivity contribution in [1.82, 2.24) is 0 Å². The summed E-state index contributed by atoms with van der Waals surface area (Å²) in [6, 6.07) is 3.95. The highest BCUT2D eigenvalue weighted by molar-refractivity contribution is 9.11. The van der Waals surface area contributed by atoms with Crippen molar-refractivity contribution in [2.45, 2.75) is 12.9 Å². The van der Waals surface area contributed by atoms with Gasteiger partial charge in [-0.1, -0.05) is 6.92 Å². The van der Waals surface area contributed by atoms with E-state index in [0.29, 0.717) is 19.8 Å². The van der Waals surface area contributed by atoms with Gasteiger partial charge in [-0.3, -0.25) is 0 Å². The minimum absolute atomic E-state index is 0.0240. The van der Waals surface area contributed by atoms with Crippen molar-refractivity contribution < 1.29 is 14.2 Å². The maximum Gasteiger partial charge on any atom is 0.321 e. The molecule has 3 aliphatic heterocycles. The summed E-state index contributed by atoms with van der Waals surface area (Å²) in [6.45, 7) is 4.20.